The van der Waals surface area contributed by atoms with Crippen LogP contribution in [0, 0.1) is 0 Å². The van der Waals surface area contributed by atoms with Gasteiger partial charge in [0.05, 0.1) is 17.1 Å². The first-order valence-electron chi connectivity index (χ1n) is 8.86. The third-order valence-electron chi connectivity index (χ3n) is 4.39. The highest BCUT2D eigenvalue weighted by atomic mass is 32.2. The van der Waals surface area contributed by atoms with Gasteiger partial charge in [0.15, 0.2) is 5.13 Å². The molecule has 2 aromatic carbocycles. The summed E-state index contributed by atoms with van der Waals surface area (Å²) >= 11 is 1.23. The summed E-state index contributed by atoms with van der Waals surface area (Å²) in [5, 5.41) is 6.25. The van der Waals surface area contributed by atoms with Gasteiger partial charge in [-0.1, -0.05) is 12.1 Å². The van der Waals surface area contributed by atoms with Gasteiger partial charge in [0.2, 0.25) is 5.91 Å². The van der Waals surface area contributed by atoms with E-state index in [9.17, 15) is 13.2 Å². The van der Waals surface area contributed by atoms with E-state index in [4.69, 9.17) is 5.73 Å². The van der Waals surface area contributed by atoms with Crippen LogP contribution in [0.2, 0.25) is 0 Å². The fourth-order valence-electron chi connectivity index (χ4n) is 2.85. The second-order valence-electron chi connectivity index (χ2n) is 6.33. The Morgan fingerprint density at radius 2 is 1.80 bits per heavy atom. The Labute approximate surface area is 177 Å². The van der Waals surface area contributed by atoms with Crippen LogP contribution in [0.5, 0.6) is 0 Å². The molecule has 0 fully saturated rings. The third-order valence-corrected chi connectivity index (χ3v) is 7.05. The van der Waals surface area contributed by atoms with Crippen molar-refractivity contribution in [2.24, 2.45) is 5.73 Å². The number of nitrogens with zero attached hydrogens (tertiary/aromatic N) is 4. The Kier molecular flexibility index (Phi) is 5.34. The Hall–Kier alpha value is -3.50. The number of carbonyl (C=O) groups excluding carboxylic acids is 1. The molecule has 4 aromatic rings. The molecule has 2 N–H and O–H groups in total. The number of hydrogen-bond donors (Lipinski definition) is 1. The van der Waals surface area contributed by atoms with Crippen molar-refractivity contribution in [2.45, 2.75) is 11.4 Å². The van der Waals surface area contributed by atoms with Gasteiger partial charge in [0.25, 0.3) is 10.0 Å². The number of benzene rings is 2. The SMILES string of the molecule is NC(=O)c1ccc(S(=O)(=O)N(Cc2ccc(-n3cccn3)cc2)c2nccs2)cc1. The summed E-state index contributed by atoms with van der Waals surface area (Å²) in [5.41, 5.74) is 7.15. The number of rotatable bonds is 7. The van der Waals surface area contributed by atoms with E-state index < -0.39 is 15.9 Å². The van der Waals surface area contributed by atoms with Crippen LogP contribution in [0.1, 0.15) is 15.9 Å². The summed E-state index contributed by atoms with van der Waals surface area (Å²) < 4.78 is 29.6. The second kappa shape index (κ2) is 8.09. The van der Waals surface area contributed by atoms with Gasteiger partial charge < -0.3 is 5.73 Å². The van der Waals surface area contributed by atoms with Crippen LogP contribution in [-0.2, 0) is 16.6 Å². The minimum absolute atomic E-state index is 0.0517. The maximum absolute atomic E-state index is 13.3. The zero-order valence-electron chi connectivity index (χ0n) is 15.6. The lowest BCUT2D eigenvalue weighted by molar-refractivity contribution is 0.1000. The van der Waals surface area contributed by atoms with Crippen molar-refractivity contribution in [3.05, 3.63) is 89.7 Å². The Morgan fingerprint density at radius 3 is 2.37 bits per heavy atom. The molecule has 0 aliphatic rings. The quantitative estimate of drug-likeness (QED) is 0.476. The first kappa shape index (κ1) is 19.8. The molecular formula is C20H17N5O3S2. The van der Waals surface area contributed by atoms with E-state index in [0.29, 0.717) is 5.13 Å². The van der Waals surface area contributed by atoms with E-state index in [-0.39, 0.29) is 17.0 Å². The molecule has 2 aromatic heterocycles. The number of nitrogens with two attached hydrogens (primary N) is 1. The Bertz CT molecular complexity index is 1240. The van der Waals surface area contributed by atoms with E-state index in [2.05, 4.69) is 10.1 Å². The molecule has 0 spiro atoms. The van der Waals surface area contributed by atoms with Crippen molar-refractivity contribution in [3.63, 3.8) is 0 Å². The summed E-state index contributed by atoms with van der Waals surface area (Å²) in [6.07, 6.45) is 5.07. The molecule has 10 heteroatoms. The maximum Gasteiger partial charge on any atom is 0.266 e. The first-order chi connectivity index (χ1) is 14.4. The van der Waals surface area contributed by atoms with Crippen LogP contribution in [0.3, 0.4) is 0 Å². The van der Waals surface area contributed by atoms with Crippen LogP contribution in [0.4, 0.5) is 5.13 Å². The molecule has 1 amide bonds. The van der Waals surface area contributed by atoms with Gasteiger partial charge in [0, 0.05) is 29.5 Å². The van der Waals surface area contributed by atoms with Crippen LogP contribution in [0.25, 0.3) is 5.69 Å². The molecule has 0 aliphatic carbocycles. The second-order valence-corrected chi connectivity index (χ2v) is 9.07. The minimum Gasteiger partial charge on any atom is -0.366 e. The monoisotopic (exact) mass is 439 g/mol. The van der Waals surface area contributed by atoms with Gasteiger partial charge >= 0.3 is 0 Å². The molecule has 8 nitrogen and oxygen atoms in total. The summed E-state index contributed by atoms with van der Waals surface area (Å²) in [6, 6.07) is 14.8. The molecule has 152 valence electrons. The van der Waals surface area contributed by atoms with E-state index in [1.54, 1.807) is 22.5 Å². The van der Waals surface area contributed by atoms with Crippen molar-refractivity contribution in [1.82, 2.24) is 14.8 Å². The molecule has 30 heavy (non-hydrogen) atoms. The highest BCUT2D eigenvalue weighted by Crippen LogP contribution is 2.28. The highest BCUT2D eigenvalue weighted by Gasteiger charge is 2.27. The smallest absolute Gasteiger partial charge is 0.266 e. The number of aromatic nitrogens is 3. The molecule has 2 heterocycles. The topological polar surface area (TPSA) is 111 Å². The van der Waals surface area contributed by atoms with Gasteiger partial charge in [-0.15, -0.1) is 11.3 Å². The summed E-state index contributed by atoms with van der Waals surface area (Å²) in [5.74, 6) is -0.618. The average Bonchev–Trinajstić information content (AvgIpc) is 3.47. The number of amides is 1. The van der Waals surface area contributed by atoms with Crippen LogP contribution >= 0.6 is 11.3 Å². The van der Waals surface area contributed by atoms with Gasteiger partial charge in [0.1, 0.15) is 0 Å². The third kappa shape index (κ3) is 3.95. The lowest BCUT2D eigenvalue weighted by Gasteiger charge is -2.22. The van der Waals surface area contributed by atoms with Gasteiger partial charge in [-0.25, -0.2) is 22.4 Å². The largest absolute Gasteiger partial charge is 0.366 e. The number of sulfonamides is 1. The number of carbonyl (C=O) groups is 1. The van der Waals surface area contributed by atoms with Crippen molar-refractivity contribution in [1.29, 1.82) is 0 Å². The Morgan fingerprint density at radius 1 is 1.07 bits per heavy atom. The molecule has 0 unspecified atom stereocenters. The van der Waals surface area contributed by atoms with E-state index in [1.165, 1.54) is 39.9 Å². The molecule has 0 saturated heterocycles. The fourth-order valence-corrected chi connectivity index (χ4v) is 5.13. The fraction of sp³-hybridized carbons (Fsp3) is 0.0500. The maximum atomic E-state index is 13.3. The van der Waals surface area contributed by atoms with E-state index in [1.807, 2.05) is 36.5 Å². The number of primary amides is 1. The summed E-state index contributed by atoms with van der Waals surface area (Å²) in [4.78, 5) is 15.5. The lowest BCUT2D eigenvalue weighted by Crippen LogP contribution is -2.30. The molecule has 0 bridgehead atoms. The molecule has 4 rings (SSSR count). The zero-order chi connectivity index (χ0) is 21.1. The molecule has 0 radical (unpaired) electrons. The van der Waals surface area contributed by atoms with Crippen LogP contribution in [-0.4, -0.2) is 29.1 Å². The summed E-state index contributed by atoms with van der Waals surface area (Å²) in [6.45, 7) is 0.104. The average molecular weight is 440 g/mol. The van der Waals surface area contributed by atoms with Gasteiger partial charge in [-0.05, 0) is 48.0 Å². The van der Waals surface area contributed by atoms with Crippen molar-refractivity contribution >= 4 is 32.4 Å². The van der Waals surface area contributed by atoms with Gasteiger partial charge in [-0.2, -0.15) is 5.10 Å². The van der Waals surface area contributed by atoms with Crippen molar-refractivity contribution in [2.75, 3.05) is 4.31 Å². The number of hydrogen-bond acceptors (Lipinski definition) is 6. The number of anilines is 1. The predicted octanol–water partition coefficient (Wildman–Crippen LogP) is 2.82. The Balaban J connectivity index is 1.66. The molecule has 0 saturated carbocycles. The number of thiazole rings is 1. The van der Waals surface area contributed by atoms with Crippen LogP contribution in [0.15, 0.2) is 83.5 Å². The van der Waals surface area contributed by atoms with Gasteiger partial charge in [-0.3, -0.25) is 4.79 Å². The lowest BCUT2D eigenvalue weighted by atomic mass is 10.2. The van der Waals surface area contributed by atoms with Crippen LogP contribution < -0.4 is 10.0 Å². The summed E-state index contributed by atoms with van der Waals surface area (Å²) in [7, 11) is -3.91. The standard InChI is InChI=1S/C20H17N5O3S2/c21-19(26)16-4-8-18(9-5-16)30(27,28)25(20-22-11-13-29-20)14-15-2-6-17(7-3-15)24-12-1-10-23-24/h1-13H,14H2,(H2,21,26). The highest BCUT2D eigenvalue weighted by molar-refractivity contribution is 7.93. The van der Waals surface area contributed by atoms with E-state index >= 15 is 0 Å². The van der Waals surface area contributed by atoms with E-state index in [0.717, 1.165) is 11.3 Å². The molecule has 0 aliphatic heterocycles. The normalized spacial score (nSPS) is 11.3. The molecular weight excluding hydrogens is 422 g/mol. The zero-order valence-corrected chi connectivity index (χ0v) is 17.3. The van der Waals surface area contributed by atoms with Crippen molar-refractivity contribution < 1.29 is 13.2 Å². The minimum atomic E-state index is -3.91. The molecule has 0 atom stereocenters. The van der Waals surface area contributed by atoms with Crippen molar-refractivity contribution in [3.8, 4) is 5.69 Å². The predicted molar refractivity (Wildman–Crippen MR) is 114 cm³/mol. The first-order valence-corrected chi connectivity index (χ1v) is 11.2.